The molecule has 1 saturated carbocycles. The van der Waals surface area contributed by atoms with E-state index in [9.17, 15) is 0 Å². The summed E-state index contributed by atoms with van der Waals surface area (Å²) < 4.78 is 0. The summed E-state index contributed by atoms with van der Waals surface area (Å²) in [7, 11) is 0. The van der Waals surface area contributed by atoms with Gasteiger partial charge in [-0.3, -0.25) is 0 Å². The second kappa shape index (κ2) is 4.51. The number of hydrogen-bond acceptors (Lipinski definition) is 0. The zero-order valence-corrected chi connectivity index (χ0v) is 9.71. The van der Waals surface area contributed by atoms with Crippen molar-refractivity contribution in [3.8, 4) is 0 Å². The highest BCUT2D eigenvalue weighted by Crippen LogP contribution is 2.38. The molecule has 2 aliphatic carbocycles. The van der Waals surface area contributed by atoms with Gasteiger partial charge in [-0.15, -0.1) is 0 Å². The van der Waals surface area contributed by atoms with Crippen LogP contribution in [-0.2, 0) is 0 Å². The maximum Gasteiger partial charge on any atom is -0.0205 e. The first kappa shape index (κ1) is 10.3. The third kappa shape index (κ3) is 2.40. The van der Waals surface area contributed by atoms with E-state index in [0.717, 1.165) is 23.7 Å². The average molecular weight is 192 g/mol. The van der Waals surface area contributed by atoms with E-state index in [0.29, 0.717) is 0 Å². The highest BCUT2D eigenvalue weighted by molar-refractivity contribution is 4.99. The summed E-state index contributed by atoms with van der Waals surface area (Å²) in [5, 5.41) is 0. The van der Waals surface area contributed by atoms with Crippen molar-refractivity contribution >= 4 is 0 Å². The lowest BCUT2D eigenvalue weighted by Gasteiger charge is -2.33. The fraction of sp³-hybridized carbons (Fsp3) is 0.857. The topological polar surface area (TPSA) is 0 Å². The first-order valence-corrected chi connectivity index (χ1v) is 6.44. The van der Waals surface area contributed by atoms with Gasteiger partial charge in [0.25, 0.3) is 0 Å². The molecule has 2 aliphatic rings. The van der Waals surface area contributed by atoms with E-state index >= 15 is 0 Å². The monoisotopic (exact) mass is 192 g/mol. The Kier molecular flexibility index (Phi) is 3.30. The Balaban J connectivity index is 1.87. The van der Waals surface area contributed by atoms with Crippen LogP contribution >= 0.6 is 0 Å². The van der Waals surface area contributed by atoms with Crippen LogP contribution < -0.4 is 0 Å². The second-order valence-corrected chi connectivity index (χ2v) is 5.62. The van der Waals surface area contributed by atoms with Gasteiger partial charge < -0.3 is 0 Å². The fourth-order valence-electron chi connectivity index (χ4n) is 3.09. The van der Waals surface area contributed by atoms with Crippen molar-refractivity contribution in [2.45, 2.75) is 52.4 Å². The van der Waals surface area contributed by atoms with Gasteiger partial charge in [-0.2, -0.15) is 0 Å². The van der Waals surface area contributed by atoms with E-state index in [1.807, 2.05) is 0 Å². The first-order valence-electron chi connectivity index (χ1n) is 6.44. The Morgan fingerprint density at radius 1 is 0.786 bits per heavy atom. The van der Waals surface area contributed by atoms with Crippen LogP contribution in [0.2, 0.25) is 0 Å². The summed E-state index contributed by atoms with van der Waals surface area (Å²) in [5.74, 6) is 3.79. The minimum Gasteiger partial charge on any atom is -0.0854 e. The molecule has 0 bridgehead atoms. The molecular weight excluding hydrogens is 168 g/mol. The smallest absolute Gasteiger partial charge is 0.0205 e. The van der Waals surface area contributed by atoms with Crippen molar-refractivity contribution in [3.63, 3.8) is 0 Å². The molecule has 0 aliphatic heterocycles. The van der Waals surface area contributed by atoms with Crippen molar-refractivity contribution in [2.75, 3.05) is 0 Å². The molecule has 1 fully saturated rings. The van der Waals surface area contributed by atoms with Crippen LogP contribution in [0.25, 0.3) is 0 Å². The Labute approximate surface area is 88.8 Å². The summed E-state index contributed by atoms with van der Waals surface area (Å²) in [4.78, 5) is 0. The van der Waals surface area contributed by atoms with E-state index in [1.54, 1.807) is 0 Å². The molecule has 80 valence electrons. The van der Waals surface area contributed by atoms with E-state index in [1.165, 1.54) is 38.5 Å². The Bertz CT molecular complexity index is 196. The molecule has 2 rings (SSSR count). The van der Waals surface area contributed by atoms with Crippen LogP contribution in [0.5, 0.6) is 0 Å². The van der Waals surface area contributed by atoms with Gasteiger partial charge in [0.15, 0.2) is 0 Å². The molecule has 0 heteroatoms. The van der Waals surface area contributed by atoms with Gasteiger partial charge in [-0.1, -0.05) is 38.8 Å². The van der Waals surface area contributed by atoms with Crippen LogP contribution in [0, 0.1) is 23.7 Å². The van der Waals surface area contributed by atoms with Crippen LogP contribution in [0.3, 0.4) is 0 Å². The van der Waals surface area contributed by atoms with Crippen LogP contribution in [0.15, 0.2) is 12.2 Å². The van der Waals surface area contributed by atoms with Crippen LogP contribution in [0.1, 0.15) is 52.4 Å². The summed E-state index contributed by atoms with van der Waals surface area (Å²) in [6.07, 6.45) is 13.8. The summed E-state index contributed by atoms with van der Waals surface area (Å²) in [6.45, 7) is 4.75. The lowest BCUT2D eigenvalue weighted by molar-refractivity contribution is 0.222. The molecule has 0 nitrogen and oxygen atoms in total. The lowest BCUT2D eigenvalue weighted by Crippen LogP contribution is -2.21. The maximum absolute atomic E-state index is 2.52. The molecule has 2 atom stereocenters. The molecular formula is C14H24. The third-order valence-electron chi connectivity index (χ3n) is 4.31. The molecule has 14 heavy (non-hydrogen) atoms. The van der Waals surface area contributed by atoms with Crippen molar-refractivity contribution in [1.29, 1.82) is 0 Å². The van der Waals surface area contributed by atoms with Gasteiger partial charge >= 0.3 is 0 Å². The third-order valence-corrected chi connectivity index (χ3v) is 4.31. The highest BCUT2D eigenvalue weighted by Gasteiger charge is 2.25. The quantitative estimate of drug-likeness (QED) is 0.540. The van der Waals surface area contributed by atoms with Crippen molar-refractivity contribution in [1.82, 2.24) is 0 Å². The molecule has 0 aromatic rings. The van der Waals surface area contributed by atoms with Crippen molar-refractivity contribution in [3.05, 3.63) is 12.2 Å². The molecule has 2 unspecified atom stereocenters. The summed E-state index contributed by atoms with van der Waals surface area (Å²) >= 11 is 0. The van der Waals surface area contributed by atoms with Gasteiger partial charge in [-0.05, 0) is 49.4 Å². The van der Waals surface area contributed by atoms with E-state index < -0.39 is 0 Å². The normalized spacial score (nSPS) is 43.9. The maximum atomic E-state index is 2.52. The Morgan fingerprint density at radius 2 is 1.50 bits per heavy atom. The minimum absolute atomic E-state index is 0.841. The van der Waals surface area contributed by atoms with Crippen LogP contribution in [-0.4, -0.2) is 0 Å². The van der Waals surface area contributed by atoms with Gasteiger partial charge in [0.1, 0.15) is 0 Å². The molecule has 0 amide bonds. The van der Waals surface area contributed by atoms with Gasteiger partial charge in [-0.25, -0.2) is 0 Å². The molecule has 0 aromatic heterocycles. The zero-order chi connectivity index (χ0) is 9.97. The number of allylic oxidation sites excluding steroid dienone is 2. The van der Waals surface area contributed by atoms with Crippen molar-refractivity contribution in [2.24, 2.45) is 23.7 Å². The SMILES string of the molecule is CC1C=CC(C2CCC(C)CC2)CC1. The van der Waals surface area contributed by atoms with Gasteiger partial charge in [0.05, 0.1) is 0 Å². The molecule has 0 radical (unpaired) electrons. The molecule has 0 heterocycles. The van der Waals surface area contributed by atoms with Crippen molar-refractivity contribution < 1.29 is 0 Å². The highest BCUT2D eigenvalue weighted by atomic mass is 14.3. The van der Waals surface area contributed by atoms with Gasteiger partial charge in [0.2, 0.25) is 0 Å². The Morgan fingerprint density at radius 3 is 2.07 bits per heavy atom. The first-order chi connectivity index (χ1) is 6.75. The number of rotatable bonds is 1. The van der Waals surface area contributed by atoms with Crippen LogP contribution in [0.4, 0.5) is 0 Å². The largest absolute Gasteiger partial charge is 0.0854 e. The molecule has 0 N–H and O–H groups in total. The summed E-state index contributed by atoms with van der Waals surface area (Å²) in [5.41, 5.74) is 0. The van der Waals surface area contributed by atoms with E-state index in [4.69, 9.17) is 0 Å². The lowest BCUT2D eigenvalue weighted by atomic mass is 9.72. The average Bonchev–Trinajstić information content (AvgIpc) is 2.21. The minimum atomic E-state index is 0.841. The molecule has 0 aromatic carbocycles. The van der Waals surface area contributed by atoms with E-state index in [2.05, 4.69) is 26.0 Å². The predicted molar refractivity (Wildman–Crippen MR) is 62.2 cm³/mol. The fourth-order valence-corrected chi connectivity index (χ4v) is 3.09. The Hall–Kier alpha value is -0.260. The second-order valence-electron chi connectivity index (χ2n) is 5.62. The zero-order valence-electron chi connectivity index (χ0n) is 9.71. The van der Waals surface area contributed by atoms with Gasteiger partial charge in [0, 0.05) is 0 Å². The molecule has 0 saturated heterocycles. The predicted octanol–water partition coefficient (Wildman–Crippen LogP) is 4.42. The molecule has 0 spiro atoms. The standard InChI is InChI=1S/C14H24/c1-11-3-7-13(8-4-11)14-9-5-12(2)6-10-14/h3,7,11-14H,4-6,8-10H2,1-2H3. The van der Waals surface area contributed by atoms with E-state index in [-0.39, 0.29) is 0 Å². The summed E-state index contributed by atoms with van der Waals surface area (Å²) in [6, 6.07) is 0. The number of hydrogen-bond donors (Lipinski definition) is 0.